The SMILES string of the molecule is O=C(CC1(C(=O)O)CCCCCC1)N1CCCCC1. The highest BCUT2D eigenvalue weighted by atomic mass is 16.4. The highest BCUT2D eigenvalue weighted by Gasteiger charge is 2.41. The fourth-order valence-electron chi connectivity index (χ4n) is 3.42. The molecule has 1 saturated heterocycles. The van der Waals surface area contributed by atoms with E-state index in [1.54, 1.807) is 0 Å². The summed E-state index contributed by atoms with van der Waals surface area (Å²) in [6, 6.07) is 0. The maximum atomic E-state index is 12.4. The molecule has 1 aliphatic heterocycles. The van der Waals surface area contributed by atoms with Crippen molar-refractivity contribution >= 4 is 11.9 Å². The van der Waals surface area contributed by atoms with Crippen LogP contribution in [0.5, 0.6) is 0 Å². The Balaban J connectivity index is 2.02. The summed E-state index contributed by atoms with van der Waals surface area (Å²) in [5.74, 6) is -0.705. The first kappa shape index (κ1) is 14.4. The normalized spacial score (nSPS) is 23.7. The molecule has 1 N–H and O–H groups in total. The van der Waals surface area contributed by atoms with Crippen molar-refractivity contribution in [1.29, 1.82) is 0 Å². The second-order valence-electron chi connectivity index (χ2n) is 6.12. The maximum absolute atomic E-state index is 12.4. The first-order valence-corrected chi connectivity index (χ1v) is 7.65. The average Bonchev–Trinajstić information content (AvgIpc) is 2.66. The van der Waals surface area contributed by atoms with E-state index < -0.39 is 11.4 Å². The van der Waals surface area contributed by atoms with Gasteiger partial charge in [0.15, 0.2) is 0 Å². The van der Waals surface area contributed by atoms with Crippen LogP contribution in [0.15, 0.2) is 0 Å². The van der Waals surface area contributed by atoms with Crippen molar-refractivity contribution in [3.8, 4) is 0 Å². The van der Waals surface area contributed by atoms with Gasteiger partial charge in [-0.1, -0.05) is 25.7 Å². The zero-order valence-electron chi connectivity index (χ0n) is 11.7. The summed E-state index contributed by atoms with van der Waals surface area (Å²) in [7, 11) is 0. The minimum absolute atomic E-state index is 0.0593. The predicted molar refractivity (Wildman–Crippen MR) is 72.8 cm³/mol. The summed E-state index contributed by atoms with van der Waals surface area (Å²) in [6.45, 7) is 1.63. The Morgan fingerprint density at radius 2 is 1.42 bits per heavy atom. The number of carboxylic acid groups (broad SMARTS) is 1. The van der Waals surface area contributed by atoms with Gasteiger partial charge < -0.3 is 10.0 Å². The van der Waals surface area contributed by atoms with Crippen LogP contribution in [0.2, 0.25) is 0 Å². The fourth-order valence-corrected chi connectivity index (χ4v) is 3.42. The summed E-state index contributed by atoms with van der Waals surface area (Å²) < 4.78 is 0. The quantitative estimate of drug-likeness (QED) is 0.800. The van der Waals surface area contributed by atoms with Crippen molar-refractivity contribution < 1.29 is 14.7 Å². The van der Waals surface area contributed by atoms with E-state index in [9.17, 15) is 14.7 Å². The average molecular weight is 267 g/mol. The topological polar surface area (TPSA) is 57.6 Å². The molecule has 1 aliphatic carbocycles. The van der Waals surface area contributed by atoms with Crippen LogP contribution < -0.4 is 0 Å². The van der Waals surface area contributed by atoms with Crippen LogP contribution in [-0.2, 0) is 9.59 Å². The van der Waals surface area contributed by atoms with Gasteiger partial charge in [0, 0.05) is 19.5 Å². The molecule has 2 aliphatic rings. The smallest absolute Gasteiger partial charge is 0.310 e. The molecule has 1 saturated carbocycles. The van der Waals surface area contributed by atoms with Gasteiger partial charge in [0.2, 0.25) is 5.91 Å². The Labute approximate surface area is 115 Å². The predicted octanol–water partition coefficient (Wildman–Crippen LogP) is 2.81. The van der Waals surface area contributed by atoms with Crippen molar-refractivity contribution in [2.75, 3.05) is 13.1 Å². The summed E-state index contributed by atoms with van der Waals surface area (Å²) in [5, 5.41) is 9.59. The van der Waals surface area contributed by atoms with Gasteiger partial charge >= 0.3 is 5.97 Å². The maximum Gasteiger partial charge on any atom is 0.310 e. The van der Waals surface area contributed by atoms with Crippen molar-refractivity contribution in [2.45, 2.75) is 64.2 Å². The number of aliphatic carboxylic acids is 1. The standard InChI is InChI=1S/C15H25NO3/c17-13(16-10-6-3-7-11-16)12-15(14(18)19)8-4-1-2-5-9-15/h1-12H2,(H,18,19). The molecular weight excluding hydrogens is 242 g/mol. The Morgan fingerprint density at radius 3 is 1.95 bits per heavy atom. The summed E-state index contributed by atoms with van der Waals surface area (Å²) >= 11 is 0. The van der Waals surface area contributed by atoms with E-state index in [0.717, 1.165) is 51.6 Å². The number of piperidine rings is 1. The Hall–Kier alpha value is -1.06. The fraction of sp³-hybridized carbons (Fsp3) is 0.867. The van der Waals surface area contributed by atoms with Crippen LogP contribution in [0.25, 0.3) is 0 Å². The van der Waals surface area contributed by atoms with E-state index in [0.29, 0.717) is 12.8 Å². The van der Waals surface area contributed by atoms with Crippen LogP contribution in [0.4, 0.5) is 0 Å². The highest BCUT2D eigenvalue weighted by Crippen LogP contribution is 2.39. The molecule has 0 radical (unpaired) electrons. The number of hydrogen-bond donors (Lipinski definition) is 1. The second-order valence-corrected chi connectivity index (χ2v) is 6.12. The minimum Gasteiger partial charge on any atom is -0.481 e. The number of carbonyl (C=O) groups is 2. The van der Waals surface area contributed by atoms with Crippen LogP contribution in [0, 0.1) is 5.41 Å². The summed E-state index contributed by atoms with van der Waals surface area (Å²) in [4.78, 5) is 25.9. The molecule has 4 heteroatoms. The van der Waals surface area contributed by atoms with Gasteiger partial charge in [-0.05, 0) is 32.1 Å². The Morgan fingerprint density at radius 1 is 0.895 bits per heavy atom. The Bertz CT molecular complexity index is 326. The van der Waals surface area contributed by atoms with E-state index in [-0.39, 0.29) is 12.3 Å². The Kier molecular flexibility index (Phi) is 4.83. The van der Waals surface area contributed by atoms with Crippen molar-refractivity contribution in [3.05, 3.63) is 0 Å². The number of hydrogen-bond acceptors (Lipinski definition) is 2. The molecule has 0 unspecified atom stereocenters. The van der Waals surface area contributed by atoms with E-state index in [4.69, 9.17) is 0 Å². The lowest BCUT2D eigenvalue weighted by atomic mass is 9.77. The van der Waals surface area contributed by atoms with Crippen molar-refractivity contribution in [2.24, 2.45) is 5.41 Å². The highest BCUT2D eigenvalue weighted by molar-refractivity contribution is 5.85. The van der Waals surface area contributed by atoms with E-state index >= 15 is 0 Å². The summed E-state index contributed by atoms with van der Waals surface area (Å²) in [5.41, 5.74) is -0.787. The third-order valence-electron chi connectivity index (χ3n) is 4.71. The van der Waals surface area contributed by atoms with E-state index in [2.05, 4.69) is 0 Å². The molecular formula is C15H25NO3. The van der Waals surface area contributed by atoms with E-state index in [1.165, 1.54) is 6.42 Å². The molecule has 4 nitrogen and oxygen atoms in total. The zero-order chi connectivity index (χ0) is 13.7. The molecule has 1 heterocycles. The molecule has 0 atom stereocenters. The van der Waals surface area contributed by atoms with Crippen LogP contribution >= 0.6 is 0 Å². The first-order chi connectivity index (χ1) is 9.14. The number of rotatable bonds is 3. The molecule has 0 aromatic carbocycles. The number of amides is 1. The molecule has 19 heavy (non-hydrogen) atoms. The number of likely N-dealkylation sites (tertiary alicyclic amines) is 1. The molecule has 1 amide bonds. The first-order valence-electron chi connectivity index (χ1n) is 7.65. The molecule has 0 aromatic heterocycles. The minimum atomic E-state index is -0.787. The summed E-state index contributed by atoms with van der Waals surface area (Å²) in [6.07, 6.45) is 8.96. The van der Waals surface area contributed by atoms with Gasteiger partial charge in [-0.25, -0.2) is 0 Å². The van der Waals surface area contributed by atoms with Gasteiger partial charge in [-0.15, -0.1) is 0 Å². The number of nitrogens with zero attached hydrogens (tertiary/aromatic N) is 1. The van der Waals surface area contributed by atoms with Gasteiger partial charge in [0.05, 0.1) is 5.41 Å². The monoisotopic (exact) mass is 267 g/mol. The van der Waals surface area contributed by atoms with Gasteiger partial charge in [-0.2, -0.15) is 0 Å². The number of carbonyl (C=O) groups excluding carboxylic acids is 1. The van der Waals surface area contributed by atoms with Crippen molar-refractivity contribution in [1.82, 2.24) is 4.90 Å². The molecule has 108 valence electrons. The zero-order valence-corrected chi connectivity index (χ0v) is 11.7. The van der Waals surface area contributed by atoms with Gasteiger partial charge in [0.25, 0.3) is 0 Å². The molecule has 0 bridgehead atoms. The number of carboxylic acids is 1. The largest absolute Gasteiger partial charge is 0.481 e. The molecule has 0 aromatic rings. The molecule has 2 rings (SSSR count). The van der Waals surface area contributed by atoms with Crippen LogP contribution in [0.1, 0.15) is 64.2 Å². The van der Waals surface area contributed by atoms with Crippen molar-refractivity contribution in [3.63, 3.8) is 0 Å². The van der Waals surface area contributed by atoms with Crippen LogP contribution in [0.3, 0.4) is 0 Å². The lowest BCUT2D eigenvalue weighted by Crippen LogP contribution is -2.41. The van der Waals surface area contributed by atoms with Gasteiger partial charge in [-0.3, -0.25) is 9.59 Å². The van der Waals surface area contributed by atoms with Crippen LogP contribution in [-0.4, -0.2) is 35.0 Å². The lowest BCUT2D eigenvalue weighted by Gasteiger charge is -2.32. The second kappa shape index (κ2) is 6.40. The van der Waals surface area contributed by atoms with E-state index in [1.807, 2.05) is 4.90 Å². The molecule has 0 spiro atoms. The molecule has 2 fully saturated rings. The third-order valence-corrected chi connectivity index (χ3v) is 4.71. The third kappa shape index (κ3) is 3.48. The lowest BCUT2D eigenvalue weighted by molar-refractivity contribution is -0.155. The van der Waals surface area contributed by atoms with Gasteiger partial charge in [0.1, 0.15) is 0 Å².